The van der Waals surface area contributed by atoms with Crippen LogP contribution in [0.15, 0.2) is 24.3 Å². The molecular formula is C16H22O3. The number of carboxylic acid groups (broad SMARTS) is 1. The molecule has 0 aromatic heterocycles. The summed E-state index contributed by atoms with van der Waals surface area (Å²) in [7, 11) is 0. The number of aryl methyl sites for hydroxylation is 1. The Hall–Kier alpha value is -1.35. The van der Waals surface area contributed by atoms with Gasteiger partial charge in [0, 0.05) is 13.2 Å². The second-order valence-corrected chi connectivity index (χ2v) is 5.46. The van der Waals surface area contributed by atoms with E-state index in [-0.39, 0.29) is 5.92 Å². The molecule has 3 heteroatoms. The minimum atomic E-state index is -0.672. The summed E-state index contributed by atoms with van der Waals surface area (Å²) in [5, 5.41) is 9.42. The van der Waals surface area contributed by atoms with E-state index in [1.165, 1.54) is 5.56 Å². The molecule has 1 aliphatic heterocycles. The van der Waals surface area contributed by atoms with Crippen LogP contribution in [0.3, 0.4) is 0 Å². The number of ether oxygens (including phenoxy) is 1. The maximum absolute atomic E-state index is 11.5. The highest BCUT2D eigenvalue weighted by Gasteiger charge is 2.24. The third kappa shape index (κ3) is 4.06. The van der Waals surface area contributed by atoms with Gasteiger partial charge in [-0.05, 0) is 49.7 Å². The first-order valence-corrected chi connectivity index (χ1v) is 7.02. The minimum absolute atomic E-state index is 0.274. The summed E-state index contributed by atoms with van der Waals surface area (Å²) in [6.45, 7) is 3.60. The lowest BCUT2D eigenvalue weighted by molar-refractivity contribution is -0.142. The number of carboxylic acids is 1. The minimum Gasteiger partial charge on any atom is -0.481 e. The standard InChI is InChI=1S/C16H22O3/c1-12-4-2-3-5-14(12)11-15(16(17)18)10-13-6-8-19-9-7-13/h2-5,13,15H,6-11H2,1H3,(H,17,18). The van der Waals surface area contributed by atoms with Gasteiger partial charge in [-0.25, -0.2) is 0 Å². The molecule has 3 nitrogen and oxygen atoms in total. The van der Waals surface area contributed by atoms with Gasteiger partial charge >= 0.3 is 5.97 Å². The van der Waals surface area contributed by atoms with Crippen molar-refractivity contribution in [3.8, 4) is 0 Å². The van der Waals surface area contributed by atoms with Crippen molar-refractivity contribution >= 4 is 5.97 Å². The smallest absolute Gasteiger partial charge is 0.306 e. The van der Waals surface area contributed by atoms with Gasteiger partial charge in [-0.15, -0.1) is 0 Å². The number of carbonyl (C=O) groups is 1. The van der Waals surface area contributed by atoms with Gasteiger partial charge in [0.25, 0.3) is 0 Å². The summed E-state index contributed by atoms with van der Waals surface area (Å²) in [5.74, 6) is -0.446. The van der Waals surface area contributed by atoms with Crippen molar-refractivity contribution in [1.29, 1.82) is 0 Å². The molecular weight excluding hydrogens is 240 g/mol. The molecule has 0 bridgehead atoms. The molecule has 1 atom stereocenters. The van der Waals surface area contributed by atoms with Crippen LogP contribution in [0.5, 0.6) is 0 Å². The van der Waals surface area contributed by atoms with E-state index in [0.29, 0.717) is 12.3 Å². The Morgan fingerprint density at radius 3 is 2.68 bits per heavy atom. The van der Waals surface area contributed by atoms with Crippen LogP contribution < -0.4 is 0 Å². The van der Waals surface area contributed by atoms with E-state index in [0.717, 1.165) is 38.0 Å². The van der Waals surface area contributed by atoms with E-state index in [9.17, 15) is 9.90 Å². The Morgan fingerprint density at radius 2 is 2.05 bits per heavy atom. The normalized spacial score (nSPS) is 18.2. The monoisotopic (exact) mass is 262 g/mol. The van der Waals surface area contributed by atoms with Crippen LogP contribution in [0.4, 0.5) is 0 Å². The maximum Gasteiger partial charge on any atom is 0.306 e. The summed E-state index contributed by atoms with van der Waals surface area (Å²) >= 11 is 0. The highest BCUT2D eigenvalue weighted by atomic mass is 16.5. The second-order valence-electron chi connectivity index (χ2n) is 5.46. The lowest BCUT2D eigenvalue weighted by atomic mass is 9.85. The zero-order valence-corrected chi connectivity index (χ0v) is 11.5. The molecule has 1 aromatic carbocycles. The van der Waals surface area contributed by atoms with E-state index in [1.807, 2.05) is 31.2 Å². The molecule has 104 valence electrons. The van der Waals surface area contributed by atoms with Gasteiger partial charge in [-0.1, -0.05) is 24.3 Å². The van der Waals surface area contributed by atoms with Crippen LogP contribution in [-0.2, 0) is 16.0 Å². The van der Waals surface area contributed by atoms with E-state index in [2.05, 4.69) is 0 Å². The first-order chi connectivity index (χ1) is 9.16. The van der Waals surface area contributed by atoms with Gasteiger partial charge in [0.15, 0.2) is 0 Å². The van der Waals surface area contributed by atoms with Gasteiger partial charge in [-0.2, -0.15) is 0 Å². The Kier molecular flexibility index (Phi) is 4.97. The predicted molar refractivity (Wildman–Crippen MR) is 74.2 cm³/mol. The van der Waals surface area contributed by atoms with E-state index < -0.39 is 5.97 Å². The number of aliphatic carboxylic acids is 1. The van der Waals surface area contributed by atoms with Crippen LogP contribution in [0.1, 0.15) is 30.4 Å². The maximum atomic E-state index is 11.5. The molecule has 1 aromatic rings. The molecule has 0 saturated carbocycles. The lowest BCUT2D eigenvalue weighted by Gasteiger charge is -2.25. The third-order valence-corrected chi connectivity index (χ3v) is 4.04. The third-order valence-electron chi connectivity index (χ3n) is 4.04. The number of rotatable bonds is 5. The van der Waals surface area contributed by atoms with Crippen LogP contribution >= 0.6 is 0 Å². The molecule has 0 aliphatic carbocycles. The van der Waals surface area contributed by atoms with E-state index in [1.54, 1.807) is 0 Å². The van der Waals surface area contributed by atoms with Crippen molar-refractivity contribution < 1.29 is 14.6 Å². The van der Waals surface area contributed by atoms with Crippen LogP contribution in [-0.4, -0.2) is 24.3 Å². The number of benzene rings is 1. The molecule has 0 spiro atoms. The molecule has 0 amide bonds. The molecule has 1 saturated heterocycles. The first kappa shape index (κ1) is 14.1. The van der Waals surface area contributed by atoms with E-state index >= 15 is 0 Å². The SMILES string of the molecule is Cc1ccccc1CC(CC1CCOCC1)C(=O)O. The summed E-state index contributed by atoms with van der Waals surface area (Å²) < 4.78 is 5.33. The summed E-state index contributed by atoms with van der Waals surface area (Å²) in [6.07, 6.45) is 3.40. The van der Waals surface area contributed by atoms with Gasteiger partial charge in [0.1, 0.15) is 0 Å². The van der Waals surface area contributed by atoms with Gasteiger partial charge in [0.2, 0.25) is 0 Å². The van der Waals surface area contributed by atoms with E-state index in [4.69, 9.17) is 4.74 Å². The van der Waals surface area contributed by atoms with Crippen LogP contribution in [0.25, 0.3) is 0 Å². The molecule has 1 heterocycles. The summed E-state index contributed by atoms with van der Waals surface area (Å²) in [6, 6.07) is 8.06. The van der Waals surface area contributed by atoms with Crippen LogP contribution in [0.2, 0.25) is 0 Å². The summed E-state index contributed by atoms with van der Waals surface area (Å²) in [5.41, 5.74) is 2.34. The second kappa shape index (κ2) is 6.71. The molecule has 0 radical (unpaired) electrons. The number of hydrogen-bond acceptors (Lipinski definition) is 2. The van der Waals surface area contributed by atoms with Crippen molar-refractivity contribution in [2.24, 2.45) is 11.8 Å². The molecule has 1 aliphatic rings. The predicted octanol–water partition coefficient (Wildman–Crippen LogP) is 3.06. The Morgan fingerprint density at radius 1 is 1.37 bits per heavy atom. The highest BCUT2D eigenvalue weighted by Crippen LogP contribution is 2.26. The Bertz CT molecular complexity index is 422. The fourth-order valence-corrected chi connectivity index (χ4v) is 2.76. The van der Waals surface area contributed by atoms with Crippen molar-refractivity contribution in [2.75, 3.05) is 13.2 Å². The largest absolute Gasteiger partial charge is 0.481 e. The van der Waals surface area contributed by atoms with Gasteiger partial charge < -0.3 is 9.84 Å². The van der Waals surface area contributed by atoms with Crippen LogP contribution in [0, 0.1) is 18.8 Å². The fourth-order valence-electron chi connectivity index (χ4n) is 2.76. The highest BCUT2D eigenvalue weighted by molar-refractivity contribution is 5.70. The quantitative estimate of drug-likeness (QED) is 0.887. The lowest BCUT2D eigenvalue weighted by Crippen LogP contribution is -2.24. The van der Waals surface area contributed by atoms with Gasteiger partial charge in [-0.3, -0.25) is 4.79 Å². The van der Waals surface area contributed by atoms with Crippen molar-refractivity contribution in [3.05, 3.63) is 35.4 Å². The Balaban J connectivity index is 2.00. The van der Waals surface area contributed by atoms with Crippen molar-refractivity contribution in [2.45, 2.75) is 32.6 Å². The summed E-state index contributed by atoms with van der Waals surface area (Å²) in [4.78, 5) is 11.5. The van der Waals surface area contributed by atoms with Crippen molar-refractivity contribution in [3.63, 3.8) is 0 Å². The topological polar surface area (TPSA) is 46.5 Å². The average molecular weight is 262 g/mol. The molecule has 2 rings (SSSR count). The zero-order valence-electron chi connectivity index (χ0n) is 11.5. The molecule has 19 heavy (non-hydrogen) atoms. The molecule has 1 unspecified atom stereocenters. The molecule has 1 N–H and O–H groups in total. The zero-order chi connectivity index (χ0) is 13.7. The fraction of sp³-hybridized carbons (Fsp3) is 0.562. The first-order valence-electron chi connectivity index (χ1n) is 7.02. The van der Waals surface area contributed by atoms with Crippen molar-refractivity contribution in [1.82, 2.24) is 0 Å². The average Bonchev–Trinajstić information content (AvgIpc) is 2.41. The Labute approximate surface area is 114 Å². The van der Waals surface area contributed by atoms with Gasteiger partial charge in [0.05, 0.1) is 5.92 Å². The molecule has 1 fully saturated rings. The number of hydrogen-bond donors (Lipinski definition) is 1.